The molecule has 0 aliphatic carbocycles. The molecular weight excluding hydrogens is 320 g/mol. The zero-order valence-corrected chi connectivity index (χ0v) is 12.9. The molecule has 0 spiro atoms. The van der Waals surface area contributed by atoms with E-state index in [1.165, 1.54) is 0 Å². The number of nitrogens with one attached hydrogen (secondary N) is 1. The smallest absolute Gasteiger partial charge is 0.258 e. The van der Waals surface area contributed by atoms with Crippen LogP contribution < -0.4 is 5.56 Å². The van der Waals surface area contributed by atoms with Crippen LogP contribution in [-0.2, 0) is 12.8 Å². The maximum atomic E-state index is 12.0. The molecule has 106 valence electrons. The van der Waals surface area contributed by atoms with Gasteiger partial charge in [-0.2, -0.15) is 0 Å². The van der Waals surface area contributed by atoms with Crippen LogP contribution in [0.4, 0.5) is 0 Å². The van der Waals surface area contributed by atoms with Crippen LogP contribution in [0.3, 0.4) is 0 Å². The van der Waals surface area contributed by atoms with Crippen LogP contribution in [0.15, 0.2) is 33.5 Å². The van der Waals surface area contributed by atoms with Crippen LogP contribution in [0.25, 0.3) is 0 Å². The van der Waals surface area contributed by atoms with E-state index in [0.717, 1.165) is 22.9 Å². The Hall–Kier alpha value is -1.62. The molecule has 0 radical (unpaired) electrons. The Morgan fingerprint density at radius 2 is 2.00 bits per heavy atom. The molecule has 0 fully saturated rings. The Labute approximate surface area is 126 Å². The van der Waals surface area contributed by atoms with Crippen LogP contribution in [0, 0.1) is 0 Å². The summed E-state index contributed by atoms with van der Waals surface area (Å²) < 4.78 is 0.979. The number of aryl methyl sites for hydroxylation is 1. The number of hydrogen-bond acceptors (Lipinski definition) is 3. The number of benzene rings is 1. The molecule has 2 aromatic rings. The van der Waals surface area contributed by atoms with Gasteiger partial charge in [-0.15, -0.1) is 0 Å². The summed E-state index contributed by atoms with van der Waals surface area (Å²) in [6, 6.07) is 7.63. The summed E-state index contributed by atoms with van der Waals surface area (Å²) in [5, 5.41) is 9.95. The molecule has 5 heteroatoms. The molecular formula is C15H17BrN2O2. The Morgan fingerprint density at radius 3 is 2.60 bits per heavy atom. The molecule has 0 saturated carbocycles. The normalized spacial score (nSPS) is 10.7. The lowest BCUT2D eigenvalue weighted by Gasteiger charge is -2.06. The highest BCUT2D eigenvalue weighted by atomic mass is 79.9. The number of aromatic hydroxyl groups is 1. The quantitative estimate of drug-likeness (QED) is 0.881. The standard InChI is InChI=1S/C15H17BrN2O2/c1-2-3-4-13-17-14(19)12(15(20)18-13)9-10-5-7-11(16)8-6-10/h5-8H,2-4,9H2,1H3,(H2,17,18,19,20). The van der Waals surface area contributed by atoms with Gasteiger partial charge in [0.2, 0.25) is 5.88 Å². The molecule has 20 heavy (non-hydrogen) atoms. The number of halogens is 1. The maximum absolute atomic E-state index is 12.0. The largest absolute Gasteiger partial charge is 0.493 e. The van der Waals surface area contributed by atoms with E-state index >= 15 is 0 Å². The van der Waals surface area contributed by atoms with Gasteiger partial charge in [0.25, 0.3) is 5.56 Å². The lowest BCUT2D eigenvalue weighted by Crippen LogP contribution is -2.17. The molecule has 0 bridgehead atoms. The van der Waals surface area contributed by atoms with Crippen LogP contribution in [0.1, 0.15) is 36.7 Å². The number of aromatic amines is 1. The summed E-state index contributed by atoms with van der Waals surface area (Å²) >= 11 is 3.36. The first kappa shape index (κ1) is 14.8. The van der Waals surface area contributed by atoms with Crippen LogP contribution in [-0.4, -0.2) is 15.1 Å². The van der Waals surface area contributed by atoms with Crippen LogP contribution >= 0.6 is 15.9 Å². The van der Waals surface area contributed by atoms with Crippen molar-refractivity contribution in [2.75, 3.05) is 0 Å². The molecule has 2 rings (SSSR count). The number of hydrogen-bond donors (Lipinski definition) is 2. The van der Waals surface area contributed by atoms with E-state index in [0.29, 0.717) is 24.2 Å². The molecule has 0 atom stereocenters. The summed E-state index contributed by atoms with van der Waals surface area (Å²) in [4.78, 5) is 18.9. The first-order chi connectivity index (χ1) is 9.60. The molecule has 1 aromatic heterocycles. The minimum absolute atomic E-state index is 0.164. The average molecular weight is 337 g/mol. The van der Waals surface area contributed by atoms with Gasteiger partial charge in [0, 0.05) is 17.3 Å². The minimum Gasteiger partial charge on any atom is -0.493 e. The van der Waals surface area contributed by atoms with Gasteiger partial charge in [-0.1, -0.05) is 41.4 Å². The molecule has 2 N–H and O–H groups in total. The van der Waals surface area contributed by atoms with Crippen molar-refractivity contribution in [3.05, 3.63) is 56.0 Å². The summed E-state index contributed by atoms with van der Waals surface area (Å²) in [5.41, 5.74) is 1.01. The van der Waals surface area contributed by atoms with E-state index in [2.05, 4.69) is 32.8 Å². The van der Waals surface area contributed by atoms with Crippen LogP contribution in [0.2, 0.25) is 0 Å². The third-order valence-electron chi connectivity index (χ3n) is 3.10. The highest BCUT2D eigenvalue weighted by Gasteiger charge is 2.11. The van der Waals surface area contributed by atoms with Crippen molar-refractivity contribution >= 4 is 15.9 Å². The van der Waals surface area contributed by atoms with E-state index in [-0.39, 0.29) is 11.4 Å². The summed E-state index contributed by atoms with van der Waals surface area (Å²) in [6.45, 7) is 2.07. The predicted octanol–water partition coefficient (Wildman–Crippen LogP) is 3.17. The van der Waals surface area contributed by atoms with Crippen molar-refractivity contribution in [2.45, 2.75) is 32.6 Å². The zero-order chi connectivity index (χ0) is 14.5. The molecule has 1 heterocycles. The van der Waals surface area contributed by atoms with E-state index < -0.39 is 0 Å². The second-order valence-corrected chi connectivity index (χ2v) is 5.64. The van der Waals surface area contributed by atoms with Crippen molar-refractivity contribution < 1.29 is 5.11 Å². The summed E-state index contributed by atoms with van der Waals surface area (Å²) in [7, 11) is 0. The number of H-pyrrole nitrogens is 1. The molecule has 4 nitrogen and oxygen atoms in total. The van der Waals surface area contributed by atoms with E-state index in [1.807, 2.05) is 24.3 Å². The molecule has 0 aliphatic rings. The second-order valence-electron chi connectivity index (χ2n) is 4.72. The molecule has 0 aliphatic heterocycles. The van der Waals surface area contributed by atoms with Gasteiger partial charge in [0.15, 0.2) is 0 Å². The van der Waals surface area contributed by atoms with E-state index in [4.69, 9.17) is 0 Å². The van der Waals surface area contributed by atoms with Crippen molar-refractivity contribution in [1.82, 2.24) is 9.97 Å². The van der Waals surface area contributed by atoms with Crippen LogP contribution in [0.5, 0.6) is 5.88 Å². The fourth-order valence-electron chi connectivity index (χ4n) is 1.96. The minimum atomic E-state index is -0.258. The summed E-state index contributed by atoms with van der Waals surface area (Å²) in [5.74, 6) is 0.386. The van der Waals surface area contributed by atoms with Gasteiger partial charge in [-0.3, -0.25) is 4.79 Å². The van der Waals surface area contributed by atoms with Gasteiger partial charge < -0.3 is 10.1 Å². The highest BCUT2D eigenvalue weighted by Crippen LogP contribution is 2.17. The van der Waals surface area contributed by atoms with Crippen molar-refractivity contribution in [3.8, 4) is 5.88 Å². The molecule has 1 aromatic carbocycles. The Morgan fingerprint density at radius 1 is 1.30 bits per heavy atom. The van der Waals surface area contributed by atoms with E-state index in [1.54, 1.807) is 0 Å². The predicted molar refractivity (Wildman–Crippen MR) is 82.1 cm³/mol. The molecule has 0 saturated heterocycles. The number of aromatic nitrogens is 2. The summed E-state index contributed by atoms with van der Waals surface area (Å²) in [6.07, 6.45) is 3.01. The van der Waals surface area contributed by atoms with Crippen molar-refractivity contribution in [1.29, 1.82) is 0 Å². The van der Waals surface area contributed by atoms with Gasteiger partial charge in [0.05, 0.1) is 5.56 Å². The second kappa shape index (κ2) is 6.70. The Balaban J connectivity index is 2.24. The molecule has 0 unspecified atom stereocenters. The van der Waals surface area contributed by atoms with E-state index in [9.17, 15) is 9.90 Å². The highest BCUT2D eigenvalue weighted by molar-refractivity contribution is 9.10. The number of rotatable bonds is 5. The lowest BCUT2D eigenvalue weighted by molar-refractivity contribution is 0.440. The Kier molecular flexibility index (Phi) is 4.95. The lowest BCUT2D eigenvalue weighted by atomic mass is 10.1. The first-order valence-electron chi connectivity index (χ1n) is 6.65. The van der Waals surface area contributed by atoms with Crippen molar-refractivity contribution in [2.24, 2.45) is 0 Å². The fourth-order valence-corrected chi connectivity index (χ4v) is 2.22. The Bertz CT molecular complexity index is 635. The van der Waals surface area contributed by atoms with Gasteiger partial charge in [0.1, 0.15) is 5.82 Å². The van der Waals surface area contributed by atoms with Gasteiger partial charge in [-0.25, -0.2) is 4.98 Å². The third-order valence-corrected chi connectivity index (χ3v) is 3.63. The number of nitrogens with zero attached hydrogens (tertiary/aromatic N) is 1. The topological polar surface area (TPSA) is 66.0 Å². The maximum Gasteiger partial charge on any atom is 0.258 e. The first-order valence-corrected chi connectivity index (χ1v) is 7.45. The monoisotopic (exact) mass is 336 g/mol. The fraction of sp³-hybridized carbons (Fsp3) is 0.333. The van der Waals surface area contributed by atoms with Crippen molar-refractivity contribution in [3.63, 3.8) is 0 Å². The zero-order valence-electron chi connectivity index (χ0n) is 11.3. The SMILES string of the molecule is CCCCc1nc(O)c(Cc2ccc(Br)cc2)c(=O)[nH]1. The molecule has 0 amide bonds. The average Bonchev–Trinajstić information content (AvgIpc) is 2.42. The van der Waals surface area contributed by atoms with Gasteiger partial charge in [-0.05, 0) is 24.1 Å². The third kappa shape index (κ3) is 3.70. The van der Waals surface area contributed by atoms with Gasteiger partial charge >= 0.3 is 0 Å². The number of unbranched alkanes of at least 4 members (excludes halogenated alkanes) is 1.